The molecular formula is C7H7F2IN2O. The number of hydrogen-bond donors (Lipinski definition) is 2. The normalized spacial score (nSPS) is 10.2. The first-order valence-corrected chi connectivity index (χ1v) is 4.43. The Morgan fingerprint density at radius 3 is 2.69 bits per heavy atom. The molecule has 0 aromatic heterocycles. The fraction of sp³-hybridized carbons (Fsp3) is 0.143. The van der Waals surface area contributed by atoms with Crippen molar-refractivity contribution in [2.75, 3.05) is 5.43 Å². The van der Waals surface area contributed by atoms with Gasteiger partial charge in [0, 0.05) is 0 Å². The quantitative estimate of drug-likeness (QED) is 0.511. The molecule has 0 aliphatic rings. The Labute approximate surface area is 87.4 Å². The van der Waals surface area contributed by atoms with Gasteiger partial charge in [-0.2, -0.15) is 8.78 Å². The number of alkyl halides is 2. The number of benzene rings is 1. The summed E-state index contributed by atoms with van der Waals surface area (Å²) in [6.45, 7) is -2.84. The van der Waals surface area contributed by atoms with E-state index in [9.17, 15) is 8.78 Å². The summed E-state index contributed by atoms with van der Waals surface area (Å²) >= 11 is 1.89. The van der Waals surface area contributed by atoms with Crippen LogP contribution in [0.1, 0.15) is 0 Å². The Balaban J connectivity index is 3.00. The van der Waals surface area contributed by atoms with E-state index >= 15 is 0 Å². The molecule has 0 aliphatic heterocycles. The predicted octanol–water partition coefficient (Wildman–Crippen LogP) is 2.18. The molecular weight excluding hydrogens is 293 g/mol. The van der Waals surface area contributed by atoms with Gasteiger partial charge in [-0.3, -0.25) is 5.84 Å². The number of halogens is 3. The Kier molecular flexibility index (Phi) is 3.67. The number of hydrazine groups is 1. The second-order valence-electron chi connectivity index (χ2n) is 2.14. The molecule has 0 unspecified atom stereocenters. The van der Waals surface area contributed by atoms with Crippen LogP contribution in [0.2, 0.25) is 0 Å². The molecule has 0 heterocycles. The first-order chi connectivity index (χ1) is 6.15. The third kappa shape index (κ3) is 2.66. The molecule has 1 aromatic rings. The van der Waals surface area contributed by atoms with Gasteiger partial charge in [-0.05, 0) is 34.7 Å². The number of nitrogens with one attached hydrogen (secondary N) is 1. The SMILES string of the molecule is NNc1cccc(I)c1OC(F)F. The number of rotatable bonds is 3. The molecule has 0 saturated carbocycles. The fourth-order valence-electron chi connectivity index (χ4n) is 0.831. The molecule has 3 N–H and O–H groups in total. The molecule has 0 atom stereocenters. The molecule has 1 rings (SSSR count). The minimum Gasteiger partial charge on any atom is -0.431 e. The van der Waals surface area contributed by atoms with E-state index < -0.39 is 6.61 Å². The highest BCUT2D eigenvalue weighted by molar-refractivity contribution is 14.1. The summed E-state index contributed by atoms with van der Waals surface area (Å²) in [6, 6.07) is 4.90. The highest BCUT2D eigenvalue weighted by Crippen LogP contribution is 2.30. The van der Waals surface area contributed by atoms with Gasteiger partial charge in [-0.25, -0.2) is 0 Å². The van der Waals surface area contributed by atoms with Crippen molar-refractivity contribution in [1.82, 2.24) is 0 Å². The molecule has 72 valence electrons. The zero-order valence-corrected chi connectivity index (χ0v) is 8.59. The summed E-state index contributed by atoms with van der Waals surface area (Å²) in [4.78, 5) is 0. The zero-order chi connectivity index (χ0) is 9.84. The number of hydrogen-bond acceptors (Lipinski definition) is 3. The highest BCUT2D eigenvalue weighted by Gasteiger charge is 2.11. The van der Waals surface area contributed by atoms with Gasteiger partial charge in [-0.15, -0.1) is 0 Å². The fourth-order valence-corrected chi connectivity index (χ4v) is 1.46. The van der Waals surface area contributed by atoms with Crippen LogP contribution >= 0.6 is 22.6 Å². The Bertz CT molecular complexity index is 296. The largest absolute Gasteiger partial charge is 0.431 e. The molecule has 0 fully saturated rings. The molecule has 0 aliphatic carbocycles. The van der Waals surface area contributed by atoms with Gasteiger partial charge in [0.2, 0.25) is 0 Å². The second kappa shape index (κ2) is 4.56. The first-order valence-electron chi connectivity index (χ1n) is 3.35. The van der Waals surface area contributed by atoms with Crippen molar-refractivity contribution in [3.05, 3.63) is 21.8 Å². The van der Waals surface area contributed by atoms with Crippen LogP contribution in [0, 0.1) is 3.57 Å². The van der Waals surface area contributed by atoms with Crippen LogP contribution in [0.3, 0.4) is 0 Å². The summed E-state index contributed by atoms with van der Waals surface area (Å²) in [5.41, 5.74) is 2.62. The lowest BCUT2D eigenvalue weighted by molar-refractivity contribution is -0.0499. The molecule has 1 aromatic carbocycles. The monoisotopic (exact) mass is 300 g/mol. The van der Waals surface area contributed by atoms with Crippen LogP contribution < -0.4 is 16.0 Å². The topological polar surface area (TPSA) is 47.3 Å². The van der Waals surface area contributed by atoms with E-state index in [1.54, 1.807) is 18.2 Å². The molecule has 0 amide bonds. The minimum absolute atomic E-state index is 0.0700. The van der Waals surface area contributed by atoms with E-state index in [0.29, 0.717) is 9.26 Å². The Hall–Kier alpha value is -0.630. The summed E-state index contributed by atoms with van der Waals surface area (Å²) < 4.78 is 28.7. The third-order valence-electron chi connectivity index (χ3n) is 1.33. The van der Waals surface area contributed by atoms with Crippen LogP contribution in [0.5, 0.6) is 5.75 Å². The summed E-state index contributed by atoms with van der Waals surface area (Å²) in [5.74, 6) is 5.19. The smallest absolute Gasteiger partial charge is 0.387 e. The van der Waals surface area contributed by atoms with E-state index in [4.69, 9.17) is 5.84 Å². The van der Waals surface area contributed by atoms with Crippen molar-refractivity contribution in [3.63, 3.8) is 0 Å². The molecule has 0 saturated heterocycles. The molecule has 6 heteroatoms. The van der Waals surface area contributed by atoms with Gasteiger partial charge < -0.3 is 10.2 Å². The zero-order valence-electron chi connectivity index (χ0n) is 6.43. The number of anilines is 1. The minimum atomic E-state index is -2.84. The predicted molar refractivity (Wildman–Crippen MR) is 53.6 cm³/mol. The molecule has 0 bridgehead atoms. The van der Waals surface area contributed by atoms with E-state index in [1.165, 1.54) is 0 Å². The van der Waals surface area contributed by atoms with Crippen molar-refractivity contribution < 1.29 is 13.5 Å². The maximum absolute atomic E-state index is 11.9. The number of nitrogens with two attached hydrogens (primary N) is 1. The number of nitrogen functional groups attached to an aromatic ring is 1. The van der Waals surface area contributed by atoms with E-state index in [1.807, 2.05) is 22.6 Å². The summed E-state index contributed by atoms with van der Waals surface area (Å²) in [5, 5.41) is 0. The van der Waals surface area contributed by atoms with Crippen LogP contribution in [0.25, 0.3) is 0 Å². The van der Waals surface area contributed by atoms with Crippen LogP contribution in [0.4, 0.5) is 14.5 Å². The van der Waals surface area contributed by atoms with Gasteiger partial charge in [0.05, 0.1) is 9.26 Å². The van der Waals surface area contributed by atoms with E-state index in [2.05, 4.69) is 10.2 Å². The van der Waals surface area contributed by atoms with Crippen LogP contribution in [0.15, 0.2) is 18.2 Å². The second-order valence-corrected chi connectivity index (χ2v) is 3.30. The van der Waals surface area contributed by atoms with Gasteiger partial charge in [0.25, 0.3) is 0 Å². The Morgan fingerprint density at radius 1 is 1.46 bits per heavy atom. The maximum Gasteiger partial charge on any atom is 0.387 e. The van der Waals surface area contributed by atoms with Crippen molar-refractivity contribution >= 4 is 28.3 Å². The van der Waals surface area contributed by atoms with Gasteiger partial charge >= 0.3 is 6.61 Å². The van der Waals surface area contributed by atoms with Gasteiger partial charge in [-0.1, -0.05) is 6.07 Å². The number of ether oxygens (including phenoxy) is 1. The summed E-state index contributed by atoms with van der Waals surface area (Å²) in [6.07, 6.45) is 0. The lowest BCUT2D eigenvalue weighted by Crippen LogP contribution is -2.11. The van der Waals surface area contributed by atoms with Crippen molar-refractivity contribution in [1.29, 1.82) is 0 Å². The molecule has 0 spiro atoms. The molecule has 13 heavy (non-hydrogen) atoms. The van der Waals surface area contributed by atoms with Crippen molar-refractivity contribution in [3.8, 4) is 5.75 Å². The van der Waals surface area contributed by atoms with Crippen molar-refractivity contribution in [2.24, 2.45) is 5.84 Å². The van der Waals surface area contributed by atoms with E-state index in [-0.39, 0.29) is 5.75 Å². The first kappa shape index (κ1) is 10.5. The maximum atomic E-state index is 11.9. The highest BCUT2D eigenvalue weighted by atomic mass is 127. The number of para-hydroxylation sites is 1. The molecule has 0 radical (unpaired) electrons. The molecule has 3 nitrogen and oxygen atoms in total. The lowest BCUT2D eigenvalue weighted by Gasteiger charge is -2.11. The third-order valence-corrected chi connectivity index (χ3v) is 2.18. The lowest BCUT2D eigenvalue weighted by atomic mass is 10.3. The average molecular weight is 300 g/mol. The summed E-state index contributed by atoms with van der Waals surface area (Å²) in [7, 11) is 0. The standard InChI is InChI=1S/C7H7F2IN2O/c8-7(9)13-6-4(10)2-1-3-5(6)12-11/h1-3,7,12H,11H2. The Morgan fingerprint density at radius 2 is 2.15 bits per heavy atom. The average Bonchev–Trinajstić information content (AvgIpc) is 2.08. The van der Waals surface area contributed by atoms with E-state index in [0.717, 1.165) is 0 Å². The van der Waals surface area contributed by atoms with Crippen LogP contribution in [-0.4, -0.2) is 6.61 Å². The van der Waals surface area contributed by atoms with Gasteiger partial charge in [0.1, 0.15) is 0 Å². The van der Waals surface area contributed by atoms with Crippen LogP contribution in [-0.2, 0) is 0 Å². The van der Waals surface area contributed by atoms with Gasteiger partial charge in [0.15, 0.2) is 5.75 Å². The van der Waals surface area contributed by atoms with Crippen molar-refractivity contribution in [2.45, 2.75) is 6.61 Å².